The standard InChI is InChI=1S/C20H25N3O4S/c1-23(2)28(24,25)22-13-17(15-9-7-11-19(26-3)20(15)27-4)16-12-21-18-10-6-5-8-14(16)18/h5-12,17,21-22H,13H2,1-4H3. The molecule has 2 N–H and O–H groups in total. The highest BCUT2D eigenvalue weighted by molar-refractivity contribution is 7.87. The lowest BCUT2D eigenvalue weighted by molar-refractivity contribution is 0.350. The minimum absolute atomic E-state index is 0.173. The number of methoxy groups -OCH3 is 2. The molecule has 1 heterocycles. The third-order valence-corrected chi connectivity index (χ3v) is 6.25. The summed E-state index contributed by atoms with van der Waals surface area (Å²) < 4.78 is 39.5. The van der Waals surface area contributed by atoms with Gasteiger partial charge in [0, 0.05) is 49.2 Å². The van der Waals surface area contributed by atoms with E-state index in [1.807, 2.05) is 48.7 Å². The average molecular weight is 404 g/mol. The third-order valence-electron chi connectivity index (χ3n) is 4.76. The number of benzene rings is 2. The molecule has 8 heteroatoms. The Labute approximate surface area is 165 Å². The van der Waals surface area contributed by atoms with Crippen LogP contribution in [-0.4, -0.2) is 52.6 Å². The first-order valence-electron chi connectivity index (χ1n) is 8.83. The Kier molecular flexibility index (Phi) is 5.93. The average Bonchev–Trinajstić information content (AvgIpc) is 3.11. The van der Waals surface area contributed by atoms with E-state index in [4.69, 9.17) is 9.47 Å². The van der Waals surface area contributed by atoms with Crippen molar-refractivity contribution < 1.29 is 17.9 Å². The number of rotatable bonds is 8. The number of para-hydroxylation sites is 2. The van der Waals surface area contributed by atoms with Crippen molar-refractivity contribution >= 4 is 21.1 Å². The first kappa shape index (κ1) is 20.2. The summed E-state index contributed by atoms with van der Waals surface area (Å²) in [6.45, 7) is 0.173. The zero-order valence-electron chi connectivity index (χ0n) is 16.4. The summed E-state index contributed by atoms with van der Waals surface area (Å²) in [7, 11) is 2.57. The quantitative estimate of drug-likeness (QED) is 0.606. The van der Waals surface area contributed by atoms with Crippen LogP contribution in [0.4, 0.5) is 0 Å². The van der Waals surface area contributed by atoms with E-state index in [1.165, 1.54) is 14.1 Å². The SMILES string of the molecule is COc1cccc(C(CNS(=O)(=O)N(C)C)c2c[nH]c3ccccc23)c1OC. The molecule has 3 aromatic rings. The number of nitrogens with one attached hydrogen (secondary N) is 2. The van der Waals surface area contributed by atoms with Crippen molar-refractivity contribution in [1.29, 1.82) is 0 Å². The molecule has 0 radical (unpaired) electrons. The first-order chi connectivity index (χ1) is 13.4. The van der Waals surface area contributed by atoms with Crippen LogP contribution in [0.1, 0.15) is 17.0 Å². The van der Waals surface area contributed by atoms with Crippen molar-refractivity contribution in [3.05, 3.63) is 59.8 Å². The van der Waals surface area contributed by atoms with Gasteiger partial charge >= 0.3 is 0 Å². The van der Waals surface area contributed by atoms with Crippen molar-refractivity contribution in [3.63, 3.8) is 0 Å². The van der Waals surface area contributed by atoms with Crippen LogP contribution in [0.25, 0.3) is 10.9 Å². The Morgan fingerprint density at radius 3 is 2.46 bits per heavy atom. The predicted molar refractivity (Wildman–Crippen MR) is 110 cm³/mol. The van der Waals surface area contributed by atoms with Crippen LogP contribution in [0, 0.1) is 0 Å². The number of H-pyrrole nitrogens is 1. The summed E-state index contributed by atoms with van der Waals surface area (Å²) in [4.78, 5) is 3.26. The summed E-state index contributed by atoms with van der Waals surface area (Å²) in [5, 5.41) is 1.03. The summed E-state index contributed by atoms with van der Waals surface area (Å²) in [6.07, 6.45) is 1.91. The van der Waals surface area contributed by atoms with Gasteiger partial charge in [0.1, 0.15) is 0 Å². The normalized spacial score (nSPS) is 13.0. The van der Waals surface area contributed by atoms with Gasteiger partial charge in [-0.2, -0.15) is 12.7 Å². The molecule has 7 nitrogen and oxygen atoms in total. The molecule has 150 valence electrons. The lowest BCUT2D eigenvalue weighted by Gasteiger charge is -2.22. The lowest BCUT2D eigenvalue weighted by Crippen LogP contribution is -2.38. The Balaban J connectivity index is 2.13. The summed E-state index contributed by atoms with van der Waals surface area (Å²) >= 11 is 0. The summed E-state index contributed by atoms with van der Waals surface area (Å²) in [5.41, 5.74) is 2.80. The molecule has 0 aliphatic heterocycles. The molecule has 1 aromatic heterocycles. The Morgan fingerprint density at radius 2 is 1.79 bits per heavy atom. The molecule has 0 aliphatic carbocycles. The fraction of sp³-hybridized carbons (Fsp3) is 0.300. The monoisotopic (exact) mass is 403 g/mol. The fourth-order valence-electron chi connectivity index (χ4n) is 3.27. The number of hydrogen-bond acceptors (Lipinski definition) is 4. The molecular weight excluding hydrogens is 378 g/mol. The molecule has 1 unspecified atom stereocenters. The van der Waals surface area contributed by atoms with E-state index in [9.17, 15) is 8.42 Å². The van der Waals surface area contributed by atoms with Crippen molar-refractivity contribution in [2.24, 2.45) is 0 Å². The van der Waals surface area contributed by atoms with Crippen LogP contribution in [-0.2, 0) is 10.2 Å². The molecule has 0 spiro atoms. The molecule has 0 amide bonds. The Hall–Kier alpha value is -2.55. The van der Waals surface area contributed by atoms with Crippen LogP contribution in [0.2, 0.25) is 0 Å². The Bertz CT molecular complexity index is 1060. The highest BCUT2D eigenvalue weighted by Gasteiger charge is 2.25. The van der Waals surface area contributed by atoms with Gasteiger partial charge in [-0.25, -0.2) is 4.72 Å². The van der Waals surface area contributed by atoms with Gasteiger partial charge in [-0.05, 0) is 17.7 Å². The summed E-state index contributed by atoms with van der Waals surface area (Å²) in [5.74, 6) is 0.903. The van der Waals surface area contributed by atoms with Crippen LogP contribution in [0.5, 0.6) is 11.5 Å². The minimum Gasteiger partial charge on any atom is -0.493 e. The second-order valence-electron chi connectivity index (χ2n) is 6.56. The molecule has 28 heavy (non-hydrogen) atoms. The van der Waals surface area contributed by atoms with E-state index >= 15 is 0 Å². The van der Waals surface area contributed by atoms with Crippen molar-refractivity contribution in [3.8, 4) is 11.5 Å². The van der Waals surface area contributed by atoms with E-state index in [0.29, 0.717) is 11.5 Å². The number of ether oxygens (including phenoxy) is 2. The highest BCUT2D eigenvalue weighted by Crippen LogP contribution is 2.40. The third kappa shape index (κ3) is 3.84. The van der Waals surface area contributed by atoms with Gasteiger partial charge in [0.15, 0.2) is 11.5 Å². The largest absolute Gasteiger partial charge is 0.493 e. The minimum atomic E-state index is -3.58. The van der Waals surface area contributed by atoms with Crippen LogP contribution in [0.3, 0.4) is 0 Å². The van der Waals surface area contributed by atoms with Crippen molar-refractivity contribution in [1.82, 2.24) is 14.0 Å². The van der Waals surface area contributed by atoms with Gasteiger partial charge in [-0.1, -0.05) is 30.3 Å². The molecule has 2 aromatic carbocycles. The predicted octanol–water partition coefficient (Wildman–Crippen LogP) is 2.71. The molecule has 1 atom stereocenters. The molecule has 0 aliphatic rings. The van der Waals surface area contributed by atoms with Crippen LogP contribution in [0.15, 0.2) is 48.7 Å². The number of hydrogen-bond donors (Lipinski definition) is 2. The van der Waals surface area contributed by atoms with Gasteiger partial charge in [-0.3, -0.25) is 0 Å². The summed E-state index contributed by atoms with van der Waals surface area (Å²) in [6, 6.07) is 13.5. The maximum absolute atomic E-state index is 12.3. The maximum Gasteiger partial charge on any atom is 0.278 e. The van der Waals surface area contributed by atoms with E-state index in [-0.39, 0.29) is 12.5 Å². The van der Waals surface area contributed by atoms with Crippen LogP contribution < -0.4 is 14.2 Å². The van der Waals surface area contributed by atoms with E-state index in [2.05, 4.69) is 9.71 Å². The maximum atomic E-state index is 12.3. The topological polar surface area (TPSA) is 83.7 Å². The second kappa shape index (κ2) is 8.22. The Morgan fingerprint density at radius 1 is 1.04 bits per heavy atom. The molecular formula is C20H25N3O4S. The molecule has 0 saturated heterocycles. The van der Waals surface area contributed by atoms with E-state index in [1.54, 1.807) is 14.2 Å². The van der Waals surface area contributed by atoms with Crippen LogP contribution >= 0.6 is 0 Å². The van der Waals surface area contributed by atoms with Gasteiger partial charge in [0.05, 0.1) is 14.2 Å². The smallest absolute Gasteiger partial charge is 0.278 e. The second-order valence-corrected chi connectivity index (χ2v) is 8.53. The number of nitrogens with zero attached hydrogens (tertiary/aromatic N) is 1. The van der Waals surface area contributed by atoms with Gasteiger partial charge in [0.25, 0.3) is 10.2 Å². The van der Waals surface area contributed by atoms with Gasteiger partial charge in [0.2, 0.25) is 0 Å². The molecule has 3 rings (SSSR count). The lowest BCUT2D eigenvalue weighted by atomic mass is 9.90. The van der Waals surface area contributed by atoms with Crippen molar-refractivity contribution in [2.75, 3.05) is 34.9 Å². The number of fused-ring (bicyclic) bond motifs is 1. The van der Waals surface area contributed by atoms with Gasteiger partial charge in [-0.15, -0.1) is 0 Å². The van der Waals surface area contributed by atoms with Gasteiger partial charge < -0.3 is 14.5 Å². The first-order valence-corrected chi connectivity index (χ1v) is 10.3. The molecule has 0 bridgehead atoms. The van der Waals surface area contributed by atoms with E-state index < -0.39 is 10.2 Å². The number of aromatic nitrogens is 1. The zero-order valence-corrected chi connectivity index (χ0v) is 17.2. The molecule has 0 saturated carbocycles. The van der Waals surface area contributed by atoms with Crippen molar-refractivity contribution in [2.45, 2.75) is 5.92 Å². The zero-order chi connectivity index (χ0) is 20.3. The highest BCUT2D eigenvalue weighted by atomic mass is 32.2. The number of aromatic amines is 1. The molecule has 0 fully saturated rings. The van der Waals surface area contributed by atoms with E-state index in [0.717, 1.165) is 26.3 Å². The fourth-order valence-corrected chi connectivity index (χ4v) is 3.91.